The molecule has 14 heavy (non-hydrogen) atoms. The molecule has 76 valence electrons. The summed E-state index contributed by atoms with van der Waals surface area (Å²) in [7, 11) is 1.65. The predicted octanol–water partition coefficient (Wildman–Crippen LogP) is 2.31. The maximum atomic E-state index is 10.2. The Morgan fingerprint density at radius 2 is 1.86 bits per heavy atom. The van der Waals surface area contributed by atoms with Gasteiger partial charge in [-0.15, -0.1) is 0 Å². The van der Waals surface area contributed by atoms with E-state index in [1.165, 1.54) is 0 Å². The van der Waals surface area contributed by atoms with E-state index in [-0.39, 0.29) is 0 Å². The summed E-state index contributed by atoms with van der Waals surface area (Å²) in [6.07, 6.45) is 2.28. The van der Waals surface area contributed by atoms with Crippen LogP contribution in [0, 0.1) is 5.92 Å². The molecule has 0 saturated heterocycles. The topological polar surface area (TPSA) is 29.5 Å². The van der Waals surface area contributed by atoms with Gasteiger partial charge in [0.1, 0.15) is 5.75 Å². The Hall–Kier alpha value is -1.02. The van der Waals surface area contributed by atoms with Crippen LogP contribution >= 0.6 is 0 Å². The molecule has 0 aromatic heterocycles. The molecule has 0 aliphatic heterocycles. The third-order valence-corrected chi connectivity index (χ3v) is 3.05. The fourth-order valence-corrected chi connectivity index (χ4v) is 1.81. The first-order valence-electron chi connectivity index (χ1n) is 5.01. The van der Waals surface area contributed by atoms with E-state index in [0.29, 0.717) is 5.92 Å². The molecule has 1 N–H and O–H groups in total. The van der Waals surface area contributed by atoms with E-state index in [9.17, 15) is 5.11 Å². The summed E-state index contributed by atoms with van der Waals surface area (Å²) in [5, 5.41) is 10.2. The highest BCUT2D eigenvalue weighted by atomic mass is 16.5. The number of hydrogen-bond acceptors (Lipinski definition) is 2. The smallest absolute Gasteiger partial charge is 0.118 e. The molecule has 0 radical (unpaired) electrons. The molecule has 2 heteroatoms. The number of rotatable bonds is 3. The molecule has 1 atom stereocenters. The van der Waals surface area contributed by atoms with Crippen molar-refractivity contribution >= 4 is 0 Å². The van der Waals surface area contributed by atoms with Crippen LogP contribution in [0.4, 0.5) is 0 Å². The van der Waals surface area contributed by atoms with E-state index in [1.54, 1.807) is 7.11 Å². The Morgan fingerprint density at radius 1 is 1.29 bits per heavy atom. The van der Waals surface area contributed by atoms with E-state index >= 15 is 0 Å². The number of methoxy groups -OCH3 is 1. The van der Waals surface area contributed by atoms with Crippen LogP contribution < -0.4 is 4.74 Å². The van der Waals surface area contributed by atoms with Gasteiger partial charge in [-0.25, -0.2) is 0 Å². The maximum absolute atomic E-state index is 10.2. The molecule has 1 aliphatic rings. The molecule has 0 heterocycles. The number of ether oxygens (including phenoxy) is 1. The van der Waals surface area contributed by atoms with Gasteiger partial charge in [0, 0.05) is 0 Å². The van der Waals surface area contributed by atoms with Crippen LogP contribution in [-0.2, 0) is 5.60 Å². The zero-order valence-corrected chi connectivity index (χ0v) is 8.66. The van der Waals surface area contributed by atoms with E-state index in [4.69, 9.17) is 4.74 Å². The lowest BCUT2D eigenvalue weighted by Gasteiger charge is -2.23. The van der Waals surface area contributed by atoms with Gasteiger partial charge in [-0.1, -0.05) is 12.1 Å². The Morgan fingerprint density at radius 3 is 2.29 bits per heavy atom. The van der Waals surface area contributed by atoms with Gasteiger partial charge in [-0.3, -0.25) is 0 Å². The van der Waals surface area contributed by atoms with Gasteiger partial charge in [-0.2, -0.15) is 0 Å². The first-order chi connectivity index (χ1) is 6.64. The molecule has 1 fully saturated rings. The number of benzene rings is 1. The SMILES string of the molecule is COc1ccc(C(C)(O)C2CC2)cc1. The first-order valence-corrected chi connectivity index (χ1v) is 5.01. The number of aliphatic hydroxyl groups is 1. The van der Waals surface area contributed by atoms with Crippen LogP contribution in [0.5, 0.6) is 5.75 Å². The quantitative estimate of drug-likeness (QED) is 0.796. The summed E-state index contributed by atoms with van der Waals surface area (Å²) in [5.41, 5.74) is 0.326. The minimum Gasteiger partial charge on any atom is -0.497 e. The van der Waals surface area contributed by atoms with Gasteiger partial charge < -0.3 is 9.84 Å². The summed E-state index contributed by atoms with van der Waals surface area (Å²) < 4.78 is 5.08. The third-order valence-electron chi connectivity index (χ3n) is 3.05. The maximum Gasteiger partial charge on any atom is 0.118 e. The van der Waals surface area contributed by atoms with Gasteiger partial charge in [0.25, 0.3) is 0 Å². The summed E-state index contributed by atoms with van der Waals surface area (Å²) >= 11 is 0. The Balaban J connectivity index is 2.23. The van der Waals surface area contributed by atoms with E-state index in [1.807, 2.05) is 31.2 Å². The van der Waals surface area contributed by atoms with Crippen molar-refractivity contribution in [3.05, 3.63) is 29.8 Å². The largest absolute Gasteiger partial charge is 0.497 e. The average Bonchev–Trinajstić information content (AvgIpc) is 3.01. The second kappa shape index (κ2) is 3.28. The fraction of sp³-hybridized carbons (Fsp3) is 0.500. The predicted molar refractivity (Wildman–Crippen MR) is 55.3 cm³/mol. The van der Waals surface area contributed by atoms with Crippen molar-refractivity contribution in [1.82, 2.24) is 0 Å². The van der Waals surface area contributed by atoms with E-state index in [2.05, 4.69) is 0 Å². The molecule has 2 nitrogen and oxygen atoms in total. The normalized spacial score (nSPS) is 20.2. The summed E-state index contributed by atoms with van der Waals surface area (Å²) in [6, 6.07) is 7.67. The molecule has 1 aromatic carbocycles. The standard InChI is InChI=1S/C12H16O2/c1-12(13,9-3-4-9)10-5-7-11(14-2)8-6-10/h5-9,13H,3-4H2,1-2H3. The monoisotopic (exact) mass is 192 g/mol. The van der Waals surface area contributed by atoms with Crippen LogP contribution in [0.25, 0.3) is 0 Å². The molecule has 2 rings (SSSR count). The van der Waals surface area contributed by atoms with Crippen LogP contribution in [0.3, 0.4) is 0 Å². The van der Waals surface area contributed by atoms with Crippen molar-refractivity contribution < 1.29 is 9.84 Å². The molecular weight excluding hydrogens is 176 g/mol. The fourth-order valence-electron chi connectivity index (χ4n) is 1.81. The van der Waals surface area contributed by atoms with Gasteiger partial charge >= 0.3 is 0 Å². The second-order valence-corrected chi connectivity index (χ2v) is 4.15. The third kappa shape index (κ3) is 1.62. The van der Waals surface area contributed by atoms with Gasteiger partial charge in [0.15, 0.2) is 0 Å². The molecule has 1 unspecified atom stereocenters. The Labute approximate surface area is 84.5 Å². The van der Waals surface area contributed by atoms with Gasteiger partial charge in [0.2, 0.25) is 0 Å². The minimum absolute atomic E-state index is 0.441. The van der Waals surface area contributed by atoms with Crippen molar-refractivity contribution in [3.63, 3.8) is 0 Å². The second-order valence-electron chi connectivity index (χ2n) is 4.15. The molecule has 0 bridgehead atoms. The van der Waals surface area contributed by atoms with Crippen molar-refractivity contribution in [2.75, 3.05) is 7.11 Å². The van der Waals surface area contributed by atoms with Crippen LogP contribution in [-0.4, -0.2) is 12.2 Å². The molecule has 1 aliphatic carbocycles. The highest BCUT2D eigenvalue weighted by molar-refractivity contribution is 5.31. The van der Waals surface area contributed by atoms with Crippen LogP contribution in [0.2, 0.25) is 0 Å². The van der Waals surface area contributed by atoms with Crippen molar-refractivity contribution in [2.24, 2.45) is 5.92 Å². The summed E-state index contributed by atoms with van der Waals surface area (Å²) in [6.45, 7) is 1.90. The van der Waals surface area contributed by atoms with Crippen LogP contribution in [0.15, 0.2) is 24.3 Å². The van der Waals surface area contributed by atoms with Gasteiger partial charge in [0.05, 0.1) is 12.7 Å². The highest BCUT2D eigenvalue weighted by Gasteiger charge is 2.40. The van der Waals surface area contributed by atoms with Crippen molar-refractivity contribution in [1.29, 1.82) is 0 Å². The Kier molecular flexibility index (Phi) is 2.23. The van der Waals surface area contributed by atoms with E-state index < -0.39 is 5.60 Å². The highest BCUT2D eigenvalue weighted by Crippen LogP contribution is 2.45. The summed E-state index contributed by atoms with van der Waals surface area (Å²) in [5.74, 6) is 1.27. The lowest BCUT2D eigenvalue weighted by molar-refractivity contribution is 0.0330. The first kappa shape index (κ1) is 9.53. The molecular formula is C12H16O2. The van der Waals surface area contributed by atoms with E-state index in [0.717, 1.165) is 24.2 Å². The summed E-state index contributed by atoms with van der Waals surface area (Å²) in [4.78, 5) is 0. The average molecular weight is 192 g/mol. The lowest BCUT2D eigenvalue weighted by atomic mass is 9.91. The lowest BCUT2D eigenvalue weighted by Crippen LogP contribution is -2.23. The minimum atomic E-state index is -0.660. The number of hydrogen-bond donors (Lipinski definition) is 1. The molecule has 1 aromatic rings. The molecule has 0 amide bonds. The van der Waals surface area contributed by atoms with Crippen molar-refractivity contribution in [2.45, 2.75) is 25.4 Å². The molecule has 0 spiro atoms. The molecule has 1 saturated carbocycles. The van der Waals surface area contributed by atoms with Gasteiger partial charge in [-0.05, 0) is 43.4 Å². The van der Waals surface area contributed by atoms with Crippen LogP contribution in [0.1, 0.15) is 25.3 Å². The zero-order chi connectivity index (χ0) is 10.2. The van der Waals surface area contributed by atoms with Crippen molar-refractivity contribution in [3.8, 4) is 5.75 Å². The Bertz CT molecular complexity index is 310. The zero-order valence-electron chi connectivity index (χ0n) is 8.66.